The minimum atomic E-state index is 0.498. The molecule has 0 bridgehead atoms. The number of rotatable bonds is 8. The van der Waals surface area contributed by atoms with Gasteiger partial charge in [-0.05, 0) is 32.5 Å². The van der Waals surface area contributed by atoms with Crippen molar-refractivity contribution in [2.45, 2.75) is 65.7 Å². The zero-order valence-electron chi connectivity index (χ0n) is 13.1. The van der Waals surface area contributed by atoms with Crippen molar-refractivity contribution in [1.29, 1.82) is 0 Å². The highest BCUT2D eigenvalue weighted by Gasteiger charge is 2.09. The van der Waals surface area contributed by atoms with Gasteiger partial charge in [-0.2, -0.15) is 0 Å². The lowest BCUT2D eigenvalue weighted by molar-refractivity contribution is 0.234. The number of pyridine rings is 1. The van der Waals surface area contributed by atoms with Crippen molar-refractivity contribution in [3.05, 3.63) is 29.6 Å². The zero-order chi connectivity index (χ0) is 14.3. The summed E-state index contributed by atoms with van der Waals surface area (Å²) in [5.41, 5.74) is 2.29. The molecule has 0 aliphatic heterocycles. The third-order valence-electron chi connectivity index (χ3n) is 3.43. The summed E-state index contributed by atoms with van der Waals surface area (Å²) in [6.07, 6.45) is 2.47. The van der Waals surface area contributed by atoms with E-state index in [2.05, 4.69) is 63.2 Å². The van der Waals surface area contributed by atoms with Gasteiger partial charge in [0.1, 0.15) is 0 Å². The first-order chi connectivity index (χ1) is 9.02. The summed E-state index contributed by atoms with van der Waals surface area (Å²) in [5, 5.41) is 3.41. The highest BCUT2D eigenvalue weighted by Crippen LogP contribution is 2.09. The SMILES string of the molecule is CCCC(C)N(C)Cc1cccc(CNC(C)C)n1. The lowest BCUT2D eigenvalue weighted by Crippen LogP contribution is -2.29. The highest BCUT2D eigenvalue weighted by molar-refractivity contribution is 5.11. The van der Waals surface area contributed by atoms with Crippen LogP contribution in [-0.2, 0) is 13.1 Å². The first-order valence-corrected chi connectivity index (χ1v) is 7.41. The largest absolute Gasteiger partial charge is 0.309 e. The molecule has 0 aromatic carbocycles. The number of nitrogens with zero attached hydrogens (tertiary/aromatic N) is 2. The van der Waals surface area contributed by atoms with Crippen molar-refractivity contribution in [2.75, 3.05) is 7.05 Å². The molecule has 1 aromatic heterocycles. The van der Waals surface area contributed by atoms with E-state index in [9.17, 15) is 0 Å². The molecule has 0 spiro atoms. The average Bonchev–Trinajstić information content (AvgIpc) is 2.37. The Balaban J connectivity index is 2.56. The van der Waals surface area contributed by atoms with Gasteiger partial charge < -0.3 is 5.32 Å². The molecule has 1 rings (SSSR count). The molecular weight excluding hydrogens is 234 g/mol. The summed E-state index contributed by atoms with van der Waals surface area (Å²) in [4.78, 5) is 7.10. The van der Waals surface area contributed by atoms with Crippen LogP contribution in [0.15, 0.2) is 18.2 Å². The monoisotopic (exact) mass is 263 g/mol. The number of hydrogen-bond acceptors (Lipinski definition) is 3. The van der Waals surface area contributed by atoms with Gasteiger partial charge in [0.15, 0.2) is 0 Å². The number of hydrogen-bond donors (Lipinski definition) is 1. The number of nitrogens with one attached hydrogen (secondary N) is 1. The van der Waals surface area contributed by atoms with Crippen LogP contribution in [0, 0.1) is 0 Å². The van der Waals surface area contributed by atoms with E-state index in [1.54, 1.807) is 0 Å². The topological polar surface area (TPSA) is 28.2 Å². The second kappa shape index (κ2) is 8.28. The predicted molar refractivity (Wildman–Crippen MR) is 82.0 cm³/mol. The summed E-state index contributed by atoms with van der Waals surface area (Å²) in [7, 11) is 2.18. The molecule has 19 heavy (non-hydrogen) atoms. The van der Waals surface area contributed by atoms with Crippen molar-refractivity contribution >= 4 is 0 Å². The molecule has 0 fully saturated rings. The average molecular weight is 263 g/mol. The molecule has 0 aliphatic rings. The molecule has 0 radical (unpaired) electrons. The fourth-order valence-corrected chi connectivity index (χ4v) is 2.07. The van der Waals surface area contributed by atoms with Gasteiger partial charge in [-0.3, -0.25) is 9.88 Å². The van der Waals surface area contributed by atoms with Gasteiger partial charge >= 0.3 is 0 Å². The Morgan fingerprint density at radius 2 is 1.89 bits per heavy atom. The molecule has 1 heterocycles. The highest BCUT2D eigenvalue weighted by atomic mass is 15.1. The van der Waals surface area contributed by atoms with Gasteiger partial charge in [-0.15, -0.1) is 0 Å². The summed E-state index contributed by atoms with van der Waals surface area (Å²) < 4.78 is 0. The fourth-order valence-electron chi connectivity index (χ4n) is 2.07. The Hall–Kier alpha value is -0.930. The van der Waals surface area contributed by atoms with E-state index in [-0.39, 0.29) is 0 Å². The van der Waals surface area contributed by atoms with Crippen LogP contribution in [0.5, 0.6) is 0 Å². The Bertz CT molecular complexity index is 363. The Labute approximate surface area is 118 Å². The first kappa shape index (κ1) is 16.1. The van der Waals surface area contributed by atoms with Gasteiger partial charge in [-0.1, -0.05) is 33.3 Å². The smallest absolute Gasteiger partial charge is 0.0547 e. The zero-order valence-corrected chi connectivity index (χ0v) is 13.1. The number of aromatic nitrogens is 1. The fraction of sp³-hybridized carbons (Fsp3) is 0.688. The predicted octanol–water partition coefficient (Wildman–Crippen LogP) is 3.20. The van der Waals surface area contributed by atoms with E-state index in [0.29, 0.717) is 12.1 Å². The molecule has 0 aliphatic carbocycles. The molecule has 0 saturated heterocycles. The van der Waals surface area contributed by atoms with Crippen molar-refractivity contribution < 1.29 is 0 Å². The normalized spacial score (nSPS) is 13.2. The van der Waals surface area contributed by atoms with Crippen LogP contribution in [0.25, 0.3) is 0 Å². The van der Waals surface area contributed by atoms with Crippen molar-refractivity contribution in [3.8, 4) is 0 Å². The van der Waals surface area contributed by atoms with Crippen LogP contribution < -0.4 is 5.32 Å². The van der Waals surface area contributed by atoms with E-state index in [0.717, 1.165) is 24.5 Å². The van der Waals surface area contributed by atoms with Crippen LogP contribution in [0.4, 0.5) is 0 Å². The molecular formula is C16H29N3. The van der Waals surface area contributed by atoms with E-state index in [1.807, 2.05) is 0 Å². The summed E-state index contributed by atoms with van der Waals surface area (Å²) in [6.45, 7) is 10.6. The van der Waals surface area contributed by atoms with Gasteiger partial charge in [0.25, 0.3) is 0 Å². The lowest BCUT2D eigenvalue weighted by atomic mass is 10.1. The molecule has 1 unspecified atom stereocenters. The third kappa shape index (κ3) is 6.17. The minimum Gasteiger partial charge on any atom is -0.309 e. The van der Waals surface area contributed by atoms with Crippen LogP contribution >= 0.6 is 0 Å². The maximum absolute atomic E-state index is 4.72. The molecule has 3 heteroatoms. The maximum Gasteiger partial charge on any atom is 0.0547 e. The second-order valence-corrected chi connectivity index (χ2v) is 5.71. The van der Waals surface area contributed by atoms with E-state index in [4.69, 9.17) is 4.98 Å². The summed E-state index contributed by atoms with van der Waals surface area (Å²) in [5.74, 6) is 0. The molecule has 1 atom stereocenters. The van der Waals surface area contributed by atoms with Gasteiger partial charge in [-0.25, -0.2) is 0 Å². The van der Waals surface area contributed by atoms with Crippen molar-refractivity contribution in [3.63, 3.8) is 0 Å². The van der Waals surface area contributed by atoms with E-state index < -0.39 is 0 Å². The Morgan fingerprint density at radius 1 is 1.21 bits per heavy atom. The minimum absolute atomic E-state index is 0.498. The van der Waals surface area contributed by atoms with Gasteiger partial charge in [0.2, 0.25) is 0 Å². The van der Waals surface area contributed by atoms with E-state index in [1.165, 1.54) is 12.8 Å². The first-order valence-electron chi connectivity index (χ1n) is 7.41. The maximum atomic E-state index is 4.72. The van der Waals surface area contributed by atoms with Crippen LogP contribution in [0.1, 0.15) is 51.9 Å². The third-order valence-corrected chi connectivity index (χ3v) is 3.43. The molecule has 108 valence electrons. The molecule has 0 amide bonds. The van der Waals surface area contributed by atoms with Crippen LogP contribution in [0.3, 0.4) is 0 Å². The van der Waals surface area contributed by atoms with Gasteiger partial charge in [0.05, 0.1) is 11.4 Å². The lowest BCUT2D eigenvalue weighted by Gasteiger charge is -2.24. The van der Waals surface area contributed by atoms with Gasteiger partial charge in [0, 0.05) is 25.2 Å². The molecule has 0 saturated carbocycles. The quantitative estimate of drug-likeness (QED) is 0.780. The molecule has 3 nitrogen and oxygen atoms in total. The molecule has 1 aromatic rings. The van der Waals surface area contributed by atoms with Crippen molar-refractivity contribution in [2.24, 2.45) is 0 Å². The summed E-state index contributed by atoms with van der Waals surface area (Å²) >= 11 is 0. The Kier molecular flexibility index (Phi) is 7.03. The van der Waals surface area contributed by atoms with E-state index >= 15 is 0 Å². The standard InChI is InChI=1S/C16H29N3/c1-6-8-14(4)19(5)12-16-10-7-9-15(18-16)11-17-13(2)3/h7,9-10,13-14,17H,6,8,11-12H2,1-5H3. The van der Waals surface area contributed by atoms with Crippen molar-refractivity contribution in [1.82, 2.24) is 15.2 Å². The summed E-state index contributed by atoms with van der Waals surface area (Å²) in [6, 6.07) is 7.43. The van der Waals surface area contributed by atoms with Crippen LogP contribution in [0.2, 0.25) is 0 Å². The van der Waals surface area contributed by atoms with Crippen LogP contribution in [-0.4, -0.2) is 29.0 Å². The molecule has 1 N–H and O–H groups in total. The second-order valence-electron chi connectivity index (χ2n) is 5.71. The Morgan fingerprint density at radius 3 is 2.53 bits per heavy atom.